The third-order valence-corrected chi connectivity index (χ3v) is 23.8. The van der Waals surface area contributed by atoms with E-state index in [4.69, 9.17) is 25.1 Å². The summed E-state index contributed by atoms with van der Waals surface area (Å²) in [7, 11) is 4.01. The molecular formula is C106H92N10O13. The fraction of sp³-hybridized carbons (Fsp3) is 0.151. The molecule has 12 aromatic carbocycles. The van der Waals surface area contributed by atoms with Gasteiger partial charge in [-0.2, -0.15) is 5.10 Å². The number of nitrogens with zero attached hydrogens (tertiary/aromatic N) is 1. The van der Waals surface area contributed by atoms with Crippen molar-refractivity contribution in [3.63, 3.8) is 0 Å². The number of hydrazone groups is 1. The van der Waals surface area contributed by atoms with Crippen LogP contribution in [-0.4, -0.2) is 106 Å². The minimum atomic E-state index is -0.663. The molecule has 0 bridgehead atoms. The average Bonchev–Trinajstić information content (AvgIpc) is 1.62. The van der Waals surface area contributed by atoms with Gasteiger partial charge >= 0.3 is 23.9 Å². The minimum absolute atomic E-state index is 0. The molecule has 5 heterocycles. The summed E-state index contributed by atoms with van der Waals surface area (Å²) in [5.74, 6) is -1.89. The summed E-state index contributed by atoms with van der Waals surface area (Å²) in [5.41, 5.74) is 28.3. The maximum absolute atomic E-state index is 12.9. The summed E-state index contributed by atoms with van der Waals surface area (Å²) in [6, 6.07) is 96.9. The molecule has 8 atom stereocenters. The van der Waals surface area contributed by atoms with Crippen molar-refractivity contribution in [3.8, 4) is 45.0 Å². The molecule has 129 heavy (non-hydrogen) atoms. The number of hydrogen-bond donors (Lipinski definition) is 10. The monoisotopic (exact) mass is 1710 g/mol. The molecular weight excluding hydrogens is 1620 g/mol. The molecule has 0 radical (unpaired) electrons. The van der Waals surface area contributed by atoms with Crippen molar-refractivity contribution in [2.45, 2.75) is 56.8 Å². The molecule has 4 aliphatic carbocycles. The van der Waals surface area contributed by atoms with Crippen molar-refractivity contribution < 1.29 is 62.5 Å². The van der Waals surface area contributed by atoms with E-state index in [1.165, 1.54) is 32.5 Å². The van der Waals surface area contributed by atoms with Crippen molar-refractivity contribution >= 4 is 126 Å². The first-order valence-corrected chi connectivity index (χ1v) is 42.0. The van der Waals surface area contributed by atoms with Gasteiger partial charge in [-0.05, 0) is 155 Å². The van der Waals surface area contributed by atoms with Crippen LogP contribution in [-0.2, 0) is 33.4 Å². The number of rotatable bonds is 19. The predicted molar refractivity (Wildman–Crippen MR) is 503 cm³/mol. The molecule has 0 spiro atoms. The maximum atomic E-state index is 12.9. The zero-order valence-electron chi connectivity index (χ0n) is 69.8. The number of ether oxygens (including phenoxy) is 3. The highest BCUT2D eigenvalue weighted by molar-refractivity contribution is 6.19. The molecule has 4 amide bonds. The minimum Gasteiger partial charge on any atom is -0.481 e. The summed E-state index contributed by atoms with van der Waals surface area (Å²) < 4.78 is 14.8. The molecule has 3 unspecified atom stereocenters. The molecule has 4 aromatic heterocycles. The number of aliphatic carboxylic acids is 1. The van der Waals surface area contributed by atoms with Gasteiger partial charge < -0.3 is 60.9 Å². The zero-order chi connectivity index (χ0) is 88.6. The van der Waals surface area contributed by atoms with Crippen LogP contribution in [0.2, 0.25) is 0 Å². The van der Waals surface area contributed by atoms with E-state index in [9.17, 15) is 43.2 Å². The molecule has 23 nitrogen and oxygen atoms in total. The Kier molecular flexibility index (Phi) is 25.4. The standard InChI is InChI=1S/C27H22N2O4.C26H20N4O2.C26H22N2O3.C16H14N2O2.C10H10O2.CH4/c1-33-27(32)21-12-18(28-26(31)20-14-19(20)16-8-4-2-5-9-16)13-23-24(21)22(15-30)25(29-23)17-10-6-3-7-11-17;31-25(19-13-18(19)15-7-3-1-4-8-15)28-17-11-20-23-21(14-27-30-26(20)32)24(29-22(23)12-17)16-9-5-2-6-10-16;1-31-26(30)22-12-18(27-25(29)21-14-19(21)16-8-4-2-5-9-16)13-24-20(22)15-23(28-24)17-10-6-3-7-11-17;1-20-16(19)13-7-11(17)8-15-12(13)9-14(18-15)10-5-3-2-4-6-10;11-10(12)9-6-8(9)7-4-2-1-3-5-7;/h2-13,15,19-20,29H,14H2,1H3,(H,28,31);1-12,14,18-19,29H,13H2,(H,28,31)(H,30,32);2-13,15,19,21,28H,14H2,1H3,(H,27,29);2-9,18H,17H2,1H3;1-5,8-9H,6H2,(H,11,12);1H4/t19-,20?;18-,19+;19-,21?;;8-,9?;/m000.0./s1. The lowest BCUT2D eigenvalue weighted by atomic mass is 10.0. The normalized spacial score (nSPS) is 17.3. The van der Waals surface area contributed by atoms with Gasteiger partial charge in [0, 0.05) is 107 Å². The molecule has 4 saturated carbocycles. The number of anilines is 4. The zero-order valence-corrected chi connectivity index (χ0v) is 69.8. The van der Waals surface area contributed by atoms with Gasteiger partial charge in [-0.3, -0.25) is 28.8 Å². The number of nitrogen functional groups attached to an aromatic ring is 1. The first-order valence-electron chi connectivity index (χ1n) is 42.0. The Bertz CT molecular complexity index is 6920. The van der Waals surface area contributed by atoms with E-state index in [1.54, 1.807) is 36.5 Å². The van der Waals surface area contributed by atoms with Crippen LogP contribution in [0.5, 0.6) is 0 Å². The number of nitrogens with two attached hydrogens (primary N) is 1. The van der Waals surface area contributed by atoms with Crippen LogP contribution in [0.1, 0.15) is 136 Å². The van der Waals surface area contributed by atoms with Crippen LogP contribution >= 0.6 is 0 Å². The van der Waals surface area contributed by atoms with Gasteiger partial charge in [0.05, 0.1) is 67.1 Å². The van der Waals surface area contributed by atoms with Gasteiger partial charge in [0.25, 0.3) is 5.91 Å². The number of methoxy groups -OCH3 is 3. The Labute approximate surface area is 742 Å². The van der Waals surface area contributed by atoms with E-state index in [-0.39, 0.29) is 89.9 Å². The molecule has 21 rings (SSSR count). The fourth-order valence-electron chi connectivity index (χ4n) is 17.0. The van der Waals surface area contributed by atoms with Crippen LogP contribution in [0.4, 0.5) is 22.7 Å². The number of carbonyl (C=O) groups is 9. The van der Waals surface area contributed by atoms with Crippen LogP contribution in [0.25, 0.3) is 88.6 Å². The average molecular weight is 1710 g/mol. The van der Waals surface area contributed by atoms with Crippen molar-refractivity contribution in [1.29, 1.82) is 0 Å². The van der Waals surface area contributed by atoms with Crippen LogP contribution in [0, 0.1) is 23.7 Å². The van der Waals surface area contributed by atoms with Gasteiger partial charge in [0.2, 0.25) is 17.7 Å². The van der Waals surface area contributed by atoms with Crippen LogP contribution < -0.4 is 27.1 Å². The third-order valence-electron chi connectivity index (χ3n) is 23.8. The summed E-state index contributed by atoms with van der Waals surface area (Å²) >= 11 is 0. The fourth-order valence-corrected chi connectivity index (χ4v) is 17.0. The first kappa shape index (κ1) is 86.2. The largest absolute Gasteiger partial charge is 0.481 e. The van der Waals surface area contributed by atoms with E-state index in [0.29, 0.717) is 61.6 Å². The summed E-state index contributed by atoms with van der Waals surface area (Å²) in [5, 5.41) is 24.6. The number of aromatic amines is 4. The third kappa shape index (κ3) is 19.0. The number of carbonyl (C=O) groups excluding carboxylic acids is 8. The molecule has 644 valence electrons. The predicted octanol–water partition coefficient (Wildman–Crippen LogP) is 20.9. The molecule has 16 aromatic rings. The number of aromatic nitrogens is 4. The Morgan fingerprint density at radius 3 is 1.15 bits per heavy atom. The number of benzene rings is 12. The molecule has 23 heteroatoms. The van der Waals surface area contributed by atoms with Crippen molar-refractivity contribution in [3.05, 3.63) is 359 Å². The van der Waals surface area contributed by atoms with Crippen molar-refractivity contribution in [1.82, 2.24) is 25.4 Å². The summed E-state index contributed by atoms with van der Waals surface area (Å²) in [4.78, 5) is 124. The van der Waals surface area contributed by atoms with E-state index in [1.807, 2.05) is 249 Å². The highest BCUT2D eigenvalue weighted by Gasteiger charge is 2.47. The van der Waals surface area contributed by atoms with Gasteiger partial charge in [-0.25, -0.2) is 19.8 Å². The van der Waals surface area contributed by atoms with Crippen molar-refractivity contribution in [2.75, 3.05) is 43.0 Å². The Morgan fingerprint density at radius 1 is 0.395 bits per heavy atom. The number of H-pyrrole nitrogens is 4. The highest BCUT2D eigenvalue weighted by atomic mass is 16.5. The van der Waals surface area contributed by atoms with E-state index in [0.717, 1.165) is 121 Å². The van der Waals surface area contributed by atoms with Gasteiger partial charge in [0.15, 0.2) is 6.29 Å². The molecule has 0 saturated heterocycles. The number of carboxylic acids is 1. The number of aldehydes is 1. The highest BCUT2D eigenvalue weighted by Crippen LogP contribution is 2.52. The summed E-state index contributed by atoms with van der Waals surface area (Å²) in [6.07, 6.45) is 5.67. The smallest absolute Gasteiger partial charge is 0.338 e. The van der Waals surface area contributed by atoms with E-state index < -0.39 is 17.9 Å². The Morgan fingerprint density at radius 2 is 0.736 bits per heavy atom. The van der Waals surface area contributed by atoms with E-state index in [2.05, 4.69) is 70.7 Å². The van der Waals surface area contributed by atoms with Crippen molar-refractivity contribution in [2.24, 2.45) is 28.8 Å². The Hall–Kier alpha value is -16.3. The molecule has 5 aliphatic rings. The second kappa shape index (κ2) is 38.0. The molecule has 11 N–H and O–H groups in total. The topological polar surface area (TPSA) is 351 Å². The second-order valence-electron chi connectivity index (χ2n) is 32.1. The van der Waals surface area contributed by atoms with E-state index >= 15 is 0 Å². The van der Waals surface area contributed by atoms with Gasteiger partial charge in [0.1, 0.15) is 0 Å². The second-order valence-corrected chi connectivity index (χ2v) is 32.1. The molecule has 4 fully saturated rings. The Balaban J connectivity index is 0.000000122. The quantitative estimate of drug-likeness (QED) is 0.0156. The van der Waals surface area contributed by atoms with Crippen LogP contribution in [0.3, 0.4) is 0 Å². The number of esters is 3. The lowest BCUT2D eigenvalue weighted by molar-refractivity contribution is -0.138. The number of hydrogen-bond acceptors (Lipinski definition) is 14. The lowest BCUT2D eigenvalue weighted by Crippen LogP contribution is -2.18. The number of fused-ring (bicyclic) bond motifs is 3. The number of carboxylic acid groups (broad SMARTS) is 1. The summed E-state index contributed by atoms with van der Waals surface area (Å²) in [6.45, 7) is 0. The maximum Gasteiger partial charge on any atom is 0.338 e. The molecule has 1 aliphatic heterocycles. The van der Waals surface area contributed by atoms with Gasteiger partial charge in [-0.1, -0.05) is 250 Å². The SMILES string of the molecule is C.COC(=O)c1cc(N)cc2[nH]c(-c3ccccc3)cc12.COC(=O)c1cc(NC(=O)C2C[C@H]2c2ccccc2)cc2[nH]c(-c3ccccc3)c(C=O)c12.COC(=O)c1cc(NC(=O)C2C[C@H]2c2ccccc2)cc2[nH]c(-c3ccccc3)cc12.O=C(O)C1C[C@H]1c1ccccc1.O=C1NN=Cc2c(-c3ccccc3)[nH]c3cc(NC(=O)[C@@H]4C[C@H]4c4ccccc4)cc1c23. The lowest BCUT2D eigenvalue weighted by Gasteiger charge is -2.09. The van der Waals surface area contributed by atoms with Crippen LogP contribution in [0.15, 0.2) is 308 Å². The van der Waals surface area contributed by atoms with Gasteiger partial charge in [-0.15, -0.1) is 0 Å². The number of amides is 4. The first-order chi connectivity index (χ1) is 62.4. The number of nitrogens with one attached hydrogen (secondary N) is 8.